The highest BCUT2D eigenvalue weighted by Gasteiger charge is 2.53. The predicted octanol–water partition coefficient (Wildman–Crippen LogP) is 4.72. The molecule has 1 aromatic rings. The highest BCUT2D eigenvalue weighted by atomic mass is 35.5. The molecular formula is C16H19ClFN. The average Bonchev–Trinajstić information content (AvgIpc) is 3.04. The fraction of sp³-hybridized carbons (Fsp3) is 0.625. The molecule has 3 aliphatic carbocycles. The summed E-state index contributed by atoms with van der Waals surface area (Å²) in [6.45, 7) is 0. The standard InChI is InChI=1S/C16H19ClFN/c17-10-4-5-15(14(18)8-10)19-16-7-9-6-13(16)12-3-1-2-11(9)12/h4-5,8-9,11-13,16,19H,1-3,6-7H2. The van der Waals surface area contributed by atoms with Crippen LogP contribution in [-0.2, 0) is 0 Å². The van der Waals surface area contributed by atoms with Gasteiger partial charge in [0.05, 0.1) is 5.69 Å². The van der Waals surface area contributed by atoms with E-state index in [1.54, 1.807) is 12.1 Å². The van der Waals surface area contributed by atoms with Gasteiger partial charge in [0.1, 0.15) is 5.82 Å². The van der Waals surface area contributed by atoms with Gasteiger partial charge in [-0.05, 0) is 67.6 Å². The SMILES string of the molecule is Fc1cc(Cl)ccc1NC1CC2CC1C1CCCC21. The number of benzene rings is 1. The van der Waals surface area contributed by atoms with Crippen LogP contribution >= 0.6 is 11.6 Å². The fourth-order valence-electron chi connectivity index (χ4n) is 5.04. The molecule has 0 spiro atoms. The van der Waals surface area contributed by atoms with Crippen LogP contribution in [0.5, 0.6) is 0 Å². The van der Waals surface area contributed by atoms with Gasteiger partial charge < -0.3 is 5.32 Å². The molecule has 3 fully saturated rings. The van der Waals surface area contributed by atoms with Crippen LogP contribution in [-0.4, -0.2) is 6.04 Å². The first-order chi connectivity index (χ1) is 9.22. The van der Waals surface area contributed by atoms with Gasteiger partial charge in [-0.3, -0.25) is 0 Å². The average molecular weight is 280 g/mol. The zero-order valence-electron chi connectivity index (χ0n) is 10.9. The minimum Gasteiger partial charge on any atom is -0.380 e. The molecule has 3 saturated carbocycles. The Kier molecular flexibility index (Phi) is 2.77. The third-order valence-corrected chi connectivity index (χ3v) is 5.94. The molecule has 2 bridgehead atoms. The van der Waals surface area contributed by atoms with Crippen molar-refractivity contribution in [3.8, 4) is 0 Å². The summed E-state index contributed by atoms with van der Waals surface area (Å²) in [4.78, 5) is 0. The summed E-state index contributed by atoms with van der Waals surface area (Å²) in [5.74, 6) is 3.33. The summed E-state index contributed by atoms with van der Waals surface area (Å²) in [7, 11) is 0. The van der Waals surface area contributed by atoms with Crippen molar-refractivity contribution in [2.75, 3.05) is 5.32 Å². The van der Waals surface area contributed by atoms with Crippen LogP contribution in [0, 0.1) is 29.5 Å². The quantitative estimate of drug-likeness (QED) is 0.826. The molecule has 1 nitrogen and oxygen atoms in total. The molecule has 0 radical (unpaired) electrons. The van der Waals surface area contributed by atoms with Crippen molar-refractivity contribution in [1.82, 2.24) is 0 Å². The summed E-state index contributed by atoms with van der Waals surface area (Å²) in [6.07, 6.45) is 6.83. The summed E-state index contributed by atoms with van der Waals surface area (Å²) >= 11 is 5.80. The minimum atomic E-state index is -0.224. The summed E-state index contributed by atoms with van der Waals surface area (Å²) in [5, 5.41) is 3.91. The van der Waals surface area contributed by atoms with Gasteiger partial charge in [0.15, 0.2) is 0 Å². The van der Waals surface area contributed by atoms with Gasteiger partial charge in [-0.25, -0.2) is 4.39 Å². The lowest BCUT2D eigenvalue weighted by Gasteiger charge is -2.32. The van der Waals surface area contributed by atoms with Crippen molar-refractivity contribution >= 4 is 17.3 Å². The minimum absolute atomic E-state index is 0.224. The smallest absolute Gasteiger partial charge is 0.147 e. The van der Waals surface area contributed by atoms with E-state index < -0.39 is 0 Å². The molecule has 0 amide bonds. The largest absolute Gasteiger partial charge is 0.380 e. The molecule has 1 aromatic carbocycles. The second-order valence-corrected chi connectivity index (χ2v) is 6.97. The first-order valence-electron chi connectivity index (χ1n) is 7.44. The van der Waals surface area contributed by atoms with Crippen LogP contribution in [0.15, 0.2) is 18.2 Å². The van der Waals surface area contributed by atoms with E-state index in [0.717, 1.165) is 23.7 Å². The molecule has 4 rings (SSSR count). The van der Waals surface area contributed by atoms with Gasteiger partial charge in [0, 0.05) is 11.1 Å². The normalized spacial score (nSPS) is 39.6. The highest BCUT2D eigenvalue weighted by Crippen LogP contribution is 2.59. The van der Waals surface area contributed by atoms with Crippen LogP contribution in [0.3, 0.4) is 0 Å². The van der Waals surface area contributed by atoms with Crippen LogP contribution < -0.4 is 5.32 Å². The summed E-state index contributed by atoms with van der Waals surface area (Å²) < 4.78 is 13.9. The number of hydrogen-bond donors (Lipinski definition) is 1. The number of rotatable bonds is 2. The Morgan fingerprint density at radius 1 is 1.11 bits per heavy atom. The fourth-order valence-corrected chi connectivity index (χ4v) is 5.20. The van der Waals surface area contributed by atoms with Crippen molar-refractivity contribution in [1.29, 1.82) is 0 Å². The molecule has 0 saturated heterocycles. The first-order valence-corrected chi connectivity index (χ1v) is 7.82. The second-order valence-electron chi connectivity index (χ2n) is 6.53. The van der Waals surface area contributed by atoms with Gasteiger partial charge in [0.2, 0.25) is 0 Å². The van der Waals surface area contributed by atoms with E-state index in [2.05, 4.69) is 5.32 Å². The maximum absolute atomic E-state index is 13.9. The highest BCUT2D eigenvalue weighted by molar-refractivity contribution is 6.30. The number of fused-ring (bicyclic) bond motifs is 5. The van der Waals surface area contributed by atoms with Crippen molar-refractivity contribution in [2.24, 2.45) is 23.7 Å². The topological polar surface area (TPSA) is 12.0 Å². The van der Waals surface area contributed by atoms with E-state index >= 15 is 0 Å². The molecule has 19 heavy (non-hydrogen) atoms. The molecule has 3 aliphatic rings. The molecule has 1 N–H and O–H groups in total. The molecule has 0 aromatic heterocycles. The van der Waals surface area contributed by atoms with Crippen molar-refractivity contribution in [3.63, 3.8) is 0 Å². The lowest BCUT2D eigenvalue weighted by molar-refractivity contribution is 0.243. The molecular weight excluding hydrogens is 261 g/mol. The Bertz CT molecular complexity index is 504. The van der Waals surface area contributed by atoms with E-state index in [9.17, 15) is 4.39 Å². The summed E-state index contributed by atoms with van der Waals surface area (Å²) in [6, 6.07) is 5.41. The van der Waals surface area contributed by atoms with Gasteiger partial charge >= 0.3 is 0 Å². The van der Waals surface area contributed by atoms with E-state index in [0.29, 0.717) is 16.8 Å². The lowest BCUT2D eigenvalue weighted by atomic mass is 9.79. The lowest BCUT2D eigenvalue weighted by Crippen LogP contribution is -2.34. The monoisotopic (exact) mass is 279 g/mol. The van der Waals surface area contributed by atoms with Gasteiger partial charge in [-0.2, -0.15) is 0 Å². The van der Waals surface area contributed by atoms with E-state index in [4.69, 9.17) is 11.6 Å². The van der Waals surface area contributed by atoms with Crippen molar-refractivity contribution in [2.45, 2.75) is 38.1 Å². The Labute approximate surface area is 118 Å². The molecule has 5 atom stereocenters. The third kappa shape index (κ3) is 1.87. The number of halogens is 2. The van der Waals surface area contributed by atoms with Crippen LogP contribution in [0.25, 0.3) is 0 Å². The number of nitrogens with one attached hydrogen (secondary N) is 1. The molecule has 5 unspecified atom stereocenters. The zero-order chi connectivity index (χ0) is 13.0. The second kappa shape index (κ2) is 4.37. The number of anilines is 1. The zero-order valence-corrected chi connectivity index (χ0v) is 11.7. The Hall–Kier alpha value is -0.760. The molecule has 0 aliphatic heterocycles. The third-order valence-electron chi connectivity index (χ3n) is 5.70. The van der Waals surface area contributed by atoms with E-state index in [1.165, 1.54) is 38.2 Å². The Morgan fingerprint density at radius 2 is 1.95 bits per heavy atom. The van der Waals surface area contributed by atoms with Gasteiger partial charge in [-0.15, -0.1) is 0 Å². The molecule has 102 valence electrons. The molecule has 3 heteroatoms. The first kappa shape index (κ1) is 12.0. The maximum Gasteiger partial charge on any atom is 0.147 e. The maximum atomic E-state index is 13.9. The van der Waals surface area contributed by atoms with E-state index in [1.807, 2.05) is 0 Å². The van der Waals surface area contributed by atoms with Gasteiger partial charge in [-0.1, -0.05) is 18.0 Å². The van der Waals surface area contributed by atoms with Gasteiger partial charge in [0.25, 0.3) is 0 Å². The van der Waals surface area contributed by atoms with E-state index in [-0.39, 0.29) is 5.82 Å². The Balaban J connectivity index is 1.52. The number of hydrogen-bond acceptors (Lipinski definition) is 1. The van der Waals surface area contributed by atoms with Crippen molar-refractivity contribution in [3.05, 3.63) is 29.0 Å². The predicted molar refractivity (Wildman–Crippen MR) is 75.9 cm³/mol. The summed E-state index contributed by atoms with van der Waals surface area (Å²) in [5.41, 5.74) is 0.622. The van der Waals surface area contributed by atoms with Crippen molar-refractivity contribution < 1.29 is 4.39 Å². The molecule has 0 heterocycles. The van der Waals surface area contributed by atoms with Crippen LogP contribution in [0.1, 0.15) is 32.1 Å². The van der Waals surface area contributed by atoms with Crippen LogP contribution in [0.4, 0.5) is 10.1 Å². The Morgan fingerprint density at radius 3 is 2.79 bits per heavy atom. The van der Waals surface area contributed by atoms with Crippen LogP contribution in [0.2, 0.25) is 5.02 Å².